The van der Waals surface area contributed by atoms with Crippen LogP contribution in [0.3, 0.4) is 0 Å². The molecular weight excluding hydrogens is 312 g/mol. The van der Waals surface area contributed by atoms with Crippen molar-refractivity contribution in [2.45, 2.75) is 32.4 Å². The number of aryl methyl sites for hydroxylation is 1. The summed E-state index contributed by atoms with van der Waals surface area (Å²) in [5, 5.41) is 7.16. The number of rotatable bonds is 5. The summed E-state index contributed by atoms with van der Waals surface area (Å²) in [4.78, 5) is 26.2. The van der Waals surface area contributed by atoms with E-state index in [4.69, 9.17) is 9.47 Å². The molecule has 3 heterocycles. The maximum Gasteiger partial charge on any atom is 0.274 e. The summed E-state index contributed by atoms with van der Waals surface area (Å²) in [6, 6.07) is 1.73. The Morgan fingerprint density at radius 3 is 2.83 bits per heavy atom. The van der Waals surface area contributed by atoms with Gasteiger partial charge in [-0.25, -0.2) is 0 Å². The molecule has 1 aromatic rings. The Labute approximate surface area is 141 Å². The molecule has 1 aromatic heterocycles. The number of nitrogens with zero attached hydrogens (tertiary/aromatic N) is 3. The Balaban J connectivity index is 1.54. The fraction of sp³-hybridized carbons (Fsp3) is 0.688. The van der Waals surface area contributed by atoms with Gasteiger partial charge >= 0.3 is 0 Å². The quantitative estimate of drug-likeness (QED) is 0.815. The van der Waals surface area contributed by atoms with Crippen molar-refractivity contribution in [2.75, 3.05) is 39.5 Å². The summed E-state index contributed by atoms with van der Waals surface area (Å²) in [6.07, 6.45) is 2.15. The first kappa shape index (κ1) is 16.9. The number of carbonyl (C=O) groups is 2. The van der Waals surface area contributed by atoms with Crippen LogP contribution in [0.15, 0.2) is 6.07 Å². The molecule has 24 heavy (non-hydrogen) atoms. The van der Waals surface area contributed by atoms with E-state index in [1.54, 1.807) is 15.6 Å². The van der Waals surface area contributed by atoms with Crippen LogP contribution in [-0.2, 0) is 20.8 Å². The lowest BCUT2D eigenvalue weighted by Gasteiger charge is -2.25. The van der Waals surface area contributed by atoms with Crippen LogP contribution in [0.2, 0.25) is 0 Å². The van der Waals surface area contributed by atoms with Crippen LogP contribution >= 0.6 is 0 Å². The van der Waals surface area contributed by atoms with Gasteiger partial charge in [0.2, 0.25) is 5.91 Å². The van der Waals surface area contributed by atoms with E-state index in [9.17, 15) is 9.59 Å². The molecular formula is C16H24N4O4. The SMILES string of the molecule is Cc1cc(C(=O)N2CCOCC2)nn1CC(=O)NCC1CCCO1. The summed E-state index contributed by atoms with van der Waals surface area (Å²) >= 11 is 0. The smallest absolute Gasteiger partial charge is 0.274 e. The minimum absolute atomic E-state index is 0.106. The first-order chi connectivity index (χ1) is 11.6. The van der Waals surface area contributed by atoms with Gasteiger partial charge in [0.05, 0.1) is 19.3 Å². The lowest BCUT2D eigenvalue weighted by Crippen LogP contribution is -2.41. The molecule has 8 nitrogen and oxygen atoms in total. The highest BCUT2D eigenvalue weighted by Crippen LogP contribution is 2.11. The first-order valence-corrected chi connectivity index (χ1v) is 8.43. The maximum absolute atomic E-state index is 12.4. The highest BCUT2D eigenvalue weighted by Gasteiger charge is 2.22. The molecule has 8 heteroatoms. The maximum atomic E-state index is 12.4. The van der Waals surface area contributed by atoms with Crippen molar-refractivity contribution in [3.63, 3.8) is 0 Å². The first-order valence-electron chi connectivity index (χ1n) is 8.43. The number of hydrogen-bond acceptors (Lipinski definition) is 5. The second kappa shape index (κ2) is 7.76. The number of ether oxygens (including phenoxy) is 2. The van der Waals surface area contributed by atoms with E-state index >= 15 is 0 Å². The van der Waals surface area contributed by atoms with Crippen molar-refractivity contribution in [1.82, 2.24) is 20.0 Å². The molecule has 2 saturated heterocycles. The minimum atomic E-state index is -0.123. The van der Waals surface area contributed by atoms with Gasteiger partial charge in [0.15, 0.2) is 5.69 Å². The molecule has 0 radical (unpaired) electrons. The van der Waals surface area contributed by atoms with Crippen LogP contribution in [0.25, 0.3) is 0 Å². The minimum Gasteiger partial charge on any atom is -0.378 e. The van der Waals surface area contributed by atoms with Gasteiger partial charge in [-0.05, 0) is 25.8 Å². The Kier molecular flexibility index (Phi) is 5.47. The topological polar surface area (TPSA) is 85.7 Å². The fourth-order valence-corrected chi connectivity index (χ4v) is 2.93. The van der Waals surface area contributed by atoms with Crippen LogP contribution in [0.1, 0.15) is 29.0 Å². The van der Waals surface area contributed by atoms with E-state index in [0.29, 0.717) is 38.5 Å². The van der Waals surface area contributed by atoms with Gasteiger partial charge in [0.1, 0.15) is 6.54 Å². The molecule has 0 bridgehead atoms. The van der Waals surface area contributed by atoms with Gasteiger partial charge in [-0.1, -0.05) is 0 Å². The van der Waals surface area contributed by atoms with Gasteiger partial charge in [0.25, 0.3) is 5.91 Å². The van der Waals surface area contributed by atoms with Crippen LogP contribution in [0.5, 0.6) is 0 Å². The van der Waals surface area contributed by atoms with E-state index in [1.807, 2.05) is 6.92 Å². The van der Waals surface area contributed by atoms with Crippen LogP contribution in [-0.4, -0.2) is 72.1 Å². The molecule has 1 N–H and O–H groups in total. The Morgan fingerprint density at radius 1 is 1.33 bits per heavy atom. The van der Waals surface area contributed by atoms with E-state index < -0.39 is 0 Å². The van der Waals surface area contributed by atoms with Crippen molar-refractivity contribution in [3.05, 3.63) is 17.5 Å². The molecule has 2 aliphatic heterocycles. The normalized spacial score (nSPS) is 21.0. The van der Waals surface area contributed by atoms with E-state index in [1.165, 1.54) is 0 Å². The number of hydrogen-bond donors (Lipinski definition) is 1. The third-order valence-corrected chi connectivity index (χ3v) is 4.34. The van der Waals surface area contributed by atoms with Crippen molar-refractivity contribution < 1.29 is 19.1 Å². The molecule has 2 aliphatic rings. The fourth-order valence-electron chi connectivity index (χ4n) is 2.93. The number of morpholine rings is 1. The summed E-state index contributed by atoms with van der Waals surface area (Å²) in [5.74, 6) is -0.234. The summed E-state index contributed by atoms with van der Waals surface area (Å²) in [5.41, 5.74) is 1.17. The van der Waals surface area contributed by atoms with Crippen molar-refractivity contribution >= 4 is 11.8 Å². The molecule has 0 saturated carbocycles. The molecule has 0 aliphatic carbocycles. The summed E-state index contributed by atoms with van der Waals surface area (Å²) in [6.45, 7) is 5.50. The second-order valence-electron chi connectivity index (χ2n) is 6.17. The highest BCUT2D eigenvalue weighted by atomic mass is 16.5. The molecule has 1 unspecified atom stereocenters. The summed E-state index contributed by atoms with van der Waals surface area (Å²) < 4.78 is 12.3. The highest BCUT2D eigenvalue weighted by molar-refractivity contribution is 5.92. The monoisotopic (exact) mass is 336 g/mol. The molecule has 0 aromatic carbocycles. The van der Waals surface area contributed by atoms with Gasteiger partial charge in [-0.15, -0.1) is 0 Å². The lowest BCUT2D eigenvalue weighted by atomic mass is 10.2. The van der Waals surface area contributed by atoms with Crippen molar-refractivity contribution in [1.29, 1.82) is 0 Å². The average molecular weight is 336 g/mol. The van der Waals surface area contributed by atoms with E-state index in [0.717, 1.165) is 25.1 Å². The zero-order valence-electron chi connectivity index (χ0n) is 14.0. The van der Waals surface area contributed by atoms with Crippen LogP contribution in [0.4, 0.5) is 0 Å². The largest absolute Gasteiger partial charge is 0.378 e. The number of aromatic nitrogens is 2. The summed E-state index contributed by atoms with van der Waals surface area (Å²) in [7, 11) is 0. The van der Waals surface area contributed by atoms with Gasteiger partial charge in [-0.3, -0.25) is 14.3 Å². The van der Waals surface area contributed by atoms with Crippen LogP contribution < -0.4 is 5.32 Å². The molecule has 2 amide bonds. The molecule has 132 valence electrons. The van der Waals surface area contributed by atoms with Crippen LogP contribution in [0, 0.1) is 6.92 Å². The third kappa shape index (κ3) is 4.12. The van der Waals surface area contributed by atoms with Gasteiger partial charge < -0.3 is 19.7 Å². The lowest BCUT2D eigenvalue weighted by molar-refractivity contribution is -0.122. The molecule has 0 spiro atoms. The Morgan fingerprint density at radius 2 is 2.12 bits per heavy atom. The predicted octanol–water partition coefficient (Wildman–Crippen LogP) is -0.0409. The molecule has 2 fully saturated rings. The predicted molar refractivity (Wildman–Crippen MR) is 85.7 cm³/mol. The molecule has 1 atom stereocenters. The Bertz CT molecular complexity index is 589. The van der Waals surface area contributed by atoms with Crippen molar-refractivity contribution in [2.24, 2.45) is 0 Å². The number of nitrogens with one attached hydrogen (secondary N) is 1. The Hall–Kier alpha value is -1.93. The standard InChI is InChI=1S/C16H24N4O4/c1-12-9-14(16(22)19-4-7-23-8-5-19)18-20(12)11-15(21)17-10-13-3-2-6-24-13/h9,13H,2-8,10-11H2,1H3,(H,17,21). The van der Waals surface area contributed by atoms with Gasteiger partial charge in [-0.2, -0.15) is 5.10 Å². The zero-order chi connectivity index (χ0) is 16.9. The van der Waals surface area contributed by atoms with Gasteiger partial charge in [0, 0.05) is 31.9 Å². The number of carbonyl (C=O) groups excluding carboxylic acids is 2. The second-order valence-corrected chi connectivity index (χ2v) is 6.17. The van der Waals surface area contributed by atoms with E-state index in [-0.39, 0.29) is 24.5 Å². The average Bonchev–Trinajstić information content (AvgIpc) is 3.23. The van der Waals surface area contributed by atoms with E-state index in [2.05, 4.69) is 10.4 Å². The third-order valence-electron chi connectivity index (χ3n) is 4.34. The zero-order valence-corrected chi connectivity index (χ0v) is 14.0. The molecule has 3 rings (SSSR count). The van der Waals surface area contributed by atoms with Crippen molar-refractivity contribution in [3.8, 4) is 0 Å². The number of amides is 2.